The lowest BCUT2D eigenvalue weighted by Gasteiger charge is -2.12. The predicted molar refractivity (Wildman–Crippen MR) is 114 cm³/mol. The fraction of sp³-hybridized carbons (Fsp3) is 0.381. The van der Waals surface area contributed by atoms with Crippen molar-refractivity contribution in [2.45, 2.75) is 39.0 Å². The lowest BCUT2D eigenvalue weighted by molar-refractivity contribution is 0.696. The van der Waals surface area contributed by atoms with E-state index in [1.807, 2.05) is 45.3 Å². The number of fused-ring (bicyclic) bond motifs is 3. The Hall–Kier alpha value is -2.47. The number of anilines is 1. The SMILES string of the molecule is CCc1nc2sc3c(c2c(=O)n1N=Cc1ccc(N(C)C)cc1)CCCC3. The summed E-state index contributed by atoms with van der Waals surface area (Å²) in [6.45, 7) is 2.01. The van der Waals surface area contributed by atoms with E-state index < -0.39 is 0 Å². The van der Waals surface area contributed by atoms with Crippen LogP contribution in [-0.2, 0) is 19.3 Å². The quantitative estimate of drug-likeness (QED) is 0.646. The van der Waals surface area contributed by atoms with Crippen LogP contribution in [0.1, 0.15) is 41.6 Å². The van der Waals surface area contributed by atoms with Gasteiger partial charge in [0.1, 0.15) is 10.7 Å². The molecule has 0 bridgehead atoms. The van der Waals surface area contributed by atoms with Crippen LogP contribution in [0.4, 0.5) is 5.69 Å². The molecule has 3 aromatic rings. The minimum atomic E-state index is -0.0302. The van der Waals surface area contributed by atoms with Crippen molar-refractivity contribution in [2.24, 2.45) is 5.10 Å². The lowest BCUT2D eigenvalue weighted by atomic mass is 9.97. The molecule has 1 aromatic carbocycles. The summed E-state index contributed by atoms with van der Waals surface area (Å²) in [6, 6.07) is 8.10. The Balaban J connectivity index is 1.78. The summed E-state index contributed by atoms with van der Waals surface area (Å²) in [5.41, 5.74) is 3.27. The molecule has 0 fully saturated rings. The van der Waals surface area contributed by atoms with Gasteiger partial charge in [-0.05, 0) is 48.9 Å². The molecule has 0 saturated heterocycles. The first-order valence-corrected chi connectivity index (χ1v) is 10.3. The van der Waals surface area contributed by atoms with Crippen LogP contribution in [0.25, 0.3) is 10.2 Å². The Kier molecular flexibility index (Phi) is 4.83. The Bertz CT molecular complexity index is 1060. The van der Waals surface area contributed by atoms with Crippen LogP contribution in [0.15, 0.2) is 34.2 Å². The summed E-state index contributed by atoms with van der Waals surface area (Å²) in [7, 11) is 4.03. The molecule has 5 nitrogen and oxygen atoms in total. The lowest BCUT2D eigenvalue weighted by Crippen LogP contribution is -2.22. The minimum Gasteiger partial charge on any atom is -0.378 e. The molecule has 27 heavy (non-hydrogen) atoms. The molecule has 0 saturated carbocycles. The normalized spacial score (nSPS) is 14.0. The third-order valence-electron chi connectivity index (χ3n) is 5.08. The molecule has 1 aliphatic rings. The molecular weight excluding hydrogens is 356 g/mol. The van der Waals surface area contributed by atoms with Gasteiger partial charge >= 0.3 is 0 Å². The molecule has 0 spiro atoms. The molecule has 2 heterocycles. The zero-order valence-corrected chi connectivity index (χ0v) is 16.8. The Morgan fingerprint density at radius 3 is 2.67 bits per heavy atom. The third-order valence-corrected chi connectivity index (χ3v) is 6.27. The Labute approximate surface area is 163 Å². The molecule has 0 amide bonds. The van der Waals surface area contributed by atoms with Gasteiger partial charge in [-0.2, -0.15) is 9.78 Å². The number of rotatable bonds is 4. The first-order valence-electron chi connectivity index (χ1n) is 9.46. The average molecular weight is 381 g/mol. The van der Waals surface area contributed by atoms with Crippen LogP contribution in [0.3, 0.4) is 0 Å². The highest BCUT2D eigenvalue weighted by Gasteiger charge is 2.21. The maximum atomic E-state index is 13.2. The van der Waals surface area contributed by atoms with Crippen molar-refractivity contribution in [3.63, 3.8) is 0 Å². The highest BCUT2D eigenvalue weighted by molar-refractivity contribution is 7.18. The van der Waals surface area contributed by atoms with Gasteiger partial charge in [0.25, 0.3) is 5.56 Å². The fourth-order valence-electron chi connectivity index (χ4n) is 3.57. The second-order valence-corrected chi connectivity index (χ2v) is 8.20. The van der Waals surface area contributed by atoms with Gasteiger partial charge in [-0.1, -0.05) is 19.1 Å². The summed E-state index contributed by atoms with van der Waals surface area (Å²) in [5.74, 6) is 0.715. The summed E-state index contributed by atoms with van der Waals surface area (Å²) < 4.78 is 1.49. The van der Waals surface area contributed by atoms with E-state index in [1.165, 1.54) is 21.5 Å². The molecule has 0 aliphatic heterocycles. The predicted octanol–water partition coefficient (Wildman–Crippen LogP) is 3.85. The topological polar surface area (TPSA) is 50.5 Å². The van der Waals surface area contributed by atoms with Crippen molar-refractivity contribution < 1.29 is 0 Å². The van der Waals surface area contributed by atoms with Gasteiger partial charge in [0, 0.05) is 31.1 Å². The van der Waals surface area contributed by atoms with E-state index in [0.29, 0.717) is 12.2 Å². The van der Waals surface area contributed by atoms with E-state index in [4.69, 9.17) is 4.98 Å². The van der Waals surface area contributed by atoms with E-state index in [9.17, 15) is 4.79 Å². The monoisotopic (exact) mass is 380 g/mol. The van der Waals surface area contributed by atoms with Gasteiger partial charge in [0.2, 0.25) is 0 Å². The highest BCUT2D eigenvalue weighted by atomic mass is 32.1. The van der Waals surface area contributed by atoms with Crippen LogP contribution >= 0.6 is 11.3 Å². The number of hydrogen-bond donors (Lipinski definition) is 0. The van der Waals surface area contributed by atoms with Crippen molar-refractivity contribution in [1.82, 2.24) is 9.66 Å². The molecule has 1 aliphatic carbocycles. The second kappa shape index (κ2) is 7.27. The highest BCUT2D eigenvalue weighted by Crippen LogP contribution is 2.33. The van der Waals surface area contributed by atoms with Crippen LogP contribution in [0, 0.1) is 0 Å². The van der Waals surface area contributed by atoms with Crippen molar-refractivity contribution in [1.29, 1.82) is 0 Å². The van der Waals surface area contributed by atoms with Crippen LogP contribution < -0.4 is 10.5 Å². The van der Waals surface area contributed by atoms with Crippen LogP contribution in [-0.4, -0.2) is 30.0 Å². The Morgan fingerprint density at radius 1 is 1.22 bits per heavy atom. The molecule has 140 valence electrons. The van der Waals surface area contributed by atoms with Gasteiger partial charge in [-0.15, -0.1) is 11.3 Å². The van der Waals surface area contributed by atoms with Gasteiger partial charge in [-0.3, -0.25) is 4.79 Å². The average Bonchev–Trinajstić information content (AvgIpc) is 3.06. The zero-order chi connectivity index (χ0) is 19.0. The van der Waals surface area contributed by atoms with Crippen LogP contribution in [0.5, 0.6) is 0 Å². The molecule has 2 aromatic heterocycles. The number of hydrogen-bond acceptors (Lipinski definition) is 5. The minimum absolute atomic E-state index is 0.0302. The van der Waals surface area contributed by atoms with E-state index in [-0.39, 0.29) is 5.56 Å². The summed E-state index contributed by atoms with van der Waals surface area (Å²) in [6.07, 6.45) is 6.81. The number of aryl methyl sites for hydroxylation is 3. The first-order chi connectivity index (χ1) is 13.1. The summed E-state index contributed by atoms with van der Waals surface area (Å²) in [4.78, 5) is 22.3. The Morgan fingerprint density at radius 2 is 1.96 bits per heavy atom. The molecule has 0 atom stereocenters. The van der Waals surface area contributed by atoms with Gasteiger partial charge in [0.15, 0.2) is 0 Å². The maximum absolute atomic E-state index is 13.2. The summed E-state index contributed by atoms with van der Waals surface area (Å²) >= 11 is 1.69. The van der Waals surface area contributed by atoms with Gasteiger partial charge in [0.05, 0.1) is 11.6 Å². The van der Waals surface area contributed by atoms with Crippen molar-refractivity contribution in [3.8, 4) is 0 Å². The number of benzene rings is 1. The fourth-order valence-corrected chi connectivity index (χ4v) is 4.84. The number of aromatic nitrogens is 2. The van der Waals surface area contributed by atoms with E-state index >= 15 is 0 Å². The standard InChI is InChI=1S/C21H24N4OS/c1-4-18-23-20-19(16-7-5-6-8-17(16)27-20)21(26)25(18)22-13-14-9-11-15(12-10-14)24(2)3/h9-13H,4-8H2,1-3H3. The number of thiophene rings is 1. The van der Waals surface area contributed by atoms with E-state index in [2.05, 4.69) is 10.0 Å². The molecule has 0 unspecified atom stereocenters. The van der Waals surface area contributed by atoms with E-state index in [1.54, 1.807) is 17.6 Å². The smallest absolute Gasteiger partial charge is 0.283 e. The van der Waals surface area contributed by atoms with Gasteiger partial charge in [-0.25, -0.2) is 4.98 Å². The van der Waals surface area contributed by atoms with E-state index in [0.717, 1.165) is 40.7 Å². The second-order valence-electron chi connectivity index (χ2n) is 7.12. The molecule has 6 heteroatoms. The third kappa shape index (κ3) is 3.30. The molecule has 4 rings (SSSR count). The van der Waals surface area contributed by atoms with Crippen molar-refractivity contribution >= 4 is 33.5 Å². The molecule has 0 radical (unpaired) electrons. The molecular formula is C21H24N4OS. The van der Waals surface area contributed by atoms with Gasteiger partial charge < -0.3 is 4.90 Å². The van der Waals surface area contributed by atoms with Crippen molar-refractivity contribution in [3.05, 3.63) is 56.4 Å². The largest absolute Gasteiger partial charge is 0.378 e. The van der Waals surface area contributed by atoms with Crippen molar-refractivity contribution in [2.75, 3.05) is 19.0 Å². The molecule has 0 N–H and O–H groups in total. The van der Waals surface area contributed by atoms with Crippen LogP contribution in [0.2, 0.25) is 0 Å². The zero-order valence-electron chi connectivity index (χ0n) is 16.0. The number of nitrogens with zero attached hydrogens (tertiary/aromatic N) is 4. The summed E-state index contributed by atoms with van der Waals surface area (Å²) in [5, 5.41) is 5.29. The first kappa shape index (κ1) is 17.9. The maximum Gasteiger partial charge on any atom is 0.283 e.